The van der Waals surface area contributed by atoms with Crippen molar-refractivity contribution in [3.8, 4) is 0 Å². The van der Waals surface area contributed by atoms with E-state index in [-0.39, 0.29) is 11.5 Å². The SMILES string of the molecule is COC(=O)c1ccc(N)c(NC23COC(C2)C3)c1. The molecule has 5 nitrogen and oxygen atoms in total. The first-order valence-electron chi connectivity index (χ1n) is 5.99. The molecule has 2 aliphatic heterocycles. The van der Waals surface area contributed by atoms with Gasteiger partial charge in [-0.15, -0.1) is 0 Å². The van der Waals surface area contributed by atoms with Crippen molar-refractivity contribution >= 4 is 17.3 Å². The van der Waals surface area contributed by atoms with Crippen LogP contribution in [0.3, 0.4) is 0 Å². The lowest BCUT2D eigenvalue weighted by molar-refractivity contribution is 0.0601. The van der Waals surface area contributed by atoms with Gasteiger partial charge in [-0.1, -0.05) is 0 Å². The summed E-state index contributed by atoms with van der Waals surface area (Å²) in [5.74, 6) is -0.357. The van der Waals surface area contributed by atoms with E-state index in [0.717, 1.165) is 18.5 Å². The molecule has 3 N–H and O–H groups in total. The number of fused-ring (bicyclic) bond motifs is 1. The van der Waals surface area contributed by atoms with Crippen molar-refractivity contribution in [2.24, 2.45) is 0 Å². The number of esters is 1. The highest BCUT2D eigenvalue weighted by Crippen LogP contribution is 2.45. The highest BCUT2D eigenvalue weighted by Gasteiger charge is 2.52. The number of carbonyl (C=O) groups excluding carboxylic acids is 1. The summed E-state index contributed by atoms with van der Waals surface area (Å²) in [6.45, 7) is 0.708. The van der Waals surface area contributed by atoms with Gasteiger partial charge in [0.15, 0.2) is 0 Å². The number of nitrogens with two attached hydrogens (primary N) is 1. The Labute approximate surface area is 105 Å². The van der Waals surface area contributed by atoms with Crippen LogP contribution in [0.4, 0.5) is 11.4 Å². The van der Waals surface area contributed by atoms with Gasteiger partial charge in [0.1, 0.15) is 0 Å². The first kappa shape index (κ1) is 11.3. The number of benzene rings is 1. The zero-order valence-corrected chi connectivity index (χ0v) is 10.2. The van der Waals surface area contributed by atoms with Crippen LogP contribution in [0.15, 0.2) is 18.2 Å². The highest BCUT2D eigenvalue weighted by molar-refractivity contribution is 5.92. The average Bonchev–Trinajstić information content (AvgIpc) is 2.90. The average molecular weight is 248 g/mol. The summed E-state index contributed by atoms with van der Waals surface area (Å²) in [4.78, 5) is 11.5. The van der Waals surface area contributed by atoms with Crippen LogP contribution in [0.25, 0.3) is 0 Å². The van der Waals surface area contributed by atoms with E-state index in [9.17, 15) is 4.79 Å². The van der Waals surface area contributed by atoms with E-state index in [1.54, 1.807) is 18.2 Å². The number of ether oxygens (including phenoxy) is 2. The minimum absolute atomic E-state index is 0.00747. The van der Waals surface area contributed by atoms with Gasteiger partial charge in [-0.2, -0.15) is 0 Å². The topological polar surface area (TPSA) is 73.6 Å². The molecule has 1 saturated carbocycles. The molecular weight excluding hydrogens is 232 g/mol. The van der Waals surface area contributed by atoms with Crippen molar-refractivity contribution in [3.63, 3.8) is 0 Å². The Kier molecular flexibility index (Phi) is 2.45. The van der Waals surface area contributed by atoms with Crippen molar-refractivity contribution in [1.29, 1.82) is 0 Å². The van der Waals surface area contributed by atoms with Crippen molar-refractivity contribution in [2.75, 3.05) is 24.8 Å². The monoisotopic (exact) mass is 248 g/mol. The predicted octanol–water partition coefficient (Wildman–Crippen LogP) is 1.40. The maximum absolute atomic E-state index is 11.5. The van der Waals surface area contributed by atoms with Crippen LogP contribution in [0, 0.1) is 0 Å². The molecule has 4 rings (SSSR count). The minimum atomic E-state index is -0.357. The molecule has 2 bridgehead atoms. The summed E-state index contributed by atoms with van der Waals surface area (Å²) >= 11 is 0. The fraction of sp³-hybridized carbons (Fsp3) is 0.462. The maximum atomic E-state index is 11.5. The van der Waals surface area contributed by atoms with Gasteiger partial charge in [0.2, 0.25) is 0 Å². The number of methoxy groups -OCH3 is 1. The standard InChI is InChI=1S/C13H16N2O3/c1-17-12(16)8-2-3-10(14)11(4-8)15-13-5-9(6-13)18-7-13/h2-4,9,15H,5-7,14H2,1H3. The van der Waals surface area contributed by atoms with E-state index in [2.05, 4.69) is 5.32 Å². The lowest BCUT2D eigenvalue weighted by atomic mass is 9.78. The second kappa shape index (κ2) is 3.88. The molecule has 0 aromatic heterocycles. The molecule has 1 aliphatic carbocycles. The van der Waals surface area contributed by atoms with Crippen molar-refractivity contribution in [3.05, 3.63) is 23.8 Å². The Balaban J connectivity index is 1.84. The van der Waals surface area contributed by atoms with Crippen molar-refractivity contribution in [1.82, 2.24) is 0 Å². The van der Waals surface area contributed by atoms with Gasteiger partial charge in [0.25, 0.3) is 0 Å². The Hall–Kier alpha value is -1.75. The fourth-order valence-electron chi connectivity index (χ4n) is 2.66. The Morgan fingerprint density at radius 1 is 1.56 bits per heavy atom. The Morgan fingerprint density at radius 2 is 2.33 bits per heavy atom. The second-order valence-corrected chi connectivity index (χ2v) is 5.04. The van der Waals surface area contributed by atoms with Gasteiger partial charge in [-0.05, 0) is 31.0 Å². The van der Waals surface area contributed by atoms with Gasteiger partial charge in [0.05, 0.1) is 42.3 Å². The third-order valence-electron chi connectivity index (χ3n) is 3.71. The summed E-state index contributed by atoms with van der Waals surface area (Å²) < 4.78 is 10.3. The Morgan fingerprint density at radius 3 is 2.94 bits per heavy atom. The lowest BCUT2D eigenvalue weighted by Gasteiger charge is -2.37. The number of anilines is 2. The number of nitrogens with one attached hydrogen (secondary N) is 1. The third-order valence-corrected chi connectivity index (χ3v) is 3.71. The molecule has 1 aromatic rings. The molecule has 0 atom stereocenters. The van der Waals surface area contributed by atoms with Gasteiger partial charge in [-0.3, -0.25) is 0 Å². The molecule has 1 aromatic carbocycles. The van der Waals surface area contributed by atoms with Crippen LogP contribution in [0.5, 0.6) is 0 Å². The first-order valence-corrected chi connectivity index (χ1v) is 5.99. The zero-order chi connectivity index (χ0) is 12.8. The molecule has 0 spiro atoms. The van der Waals surface area contributed by atoms with Crippen molar-refractivity contribution < 1.29 is 14.3 Å². The van der Waals surface area contributed by atoms with Crippen LogP contribution in [-0.2, 0) is 9.47 Å². The largest absolute Gasteiger partial charge is 0.465 e. The molecule has 3 fully saturated rings. The normalized spacial score (nSPS) is 28.6. The molecule has 96 valence electrons. The fourth-order valence-corrected chi connectivity index (χ4v) is 2.66. The van der Waals surface area contributed by atoms with Crippen molar-refractivity contribution in [2.45, 2.75) is 24.5 Å². The molecule has 18 heavy (non-hydrogen) atoms. The second-order valence-electron chi connectivity index (χ2n) is 5.04. The molecule has 0 amide bonds. The van der Waals surface area contributed by atoms with Gasteiger partial charge in [0, 0.05) is 0 Å². The molecule has 3 aliphatic rings. The molecule has 0 unspecified atom stereocenters. The van der Waals surface area contributed by atoms with E-state index in [1.165, 1.54) is 7.11 Å². The third kappa shape index (κ3) is 1.71. The van der Waals surface area contributed by atoms with Gasteiger partial charge >= 0.3 is 5.97 Å². The van der Waals surface area contributed by atoms with E-state index >= 15 is 0 Å². The van der Waals surface area contributed by atoms with E-state index in [4.69, 9.17) is 15.2 Å². The summed E-state index contributed by atoms with van der Waals surface area (Å²) in [5, 5.41) is 3.41. The molecule has 2 heterocycles. The van der Waals surface area contributed by atoms with E-state index in [1.807, 2.05) is 0 Å². The maximum Gasteiger partial charge on any atom is 0.337 e. The van der Waals surface area contributed by atoms with Crippen LogP contribution in [0.2, 0.25) is 0 Å². The van der Waals surface area contributed by atoms with Gasteiger partial charge < -0.3 is 20.5 Å². The van der Waals surface area contributed by atoms with Crippen LogP contribution in [0.1, 0.15) is 23.2 Å². The number of hydrogen-bond donors (Lipinski definition) is 2. The van der Waals surface area contributed by atoms with E-state index in [0.29, 0.717) is 24.0 Å². The lowest BCUT2D eigenvalue weighted by Crippen LogP contribution is -2.47. The number of hydrogen-bond acceptors (Lipinski definition) is 5. The number of rotatable bonds is 3. The highest BCUT2D eigenvalue weighted by atomic mass is 16.5. The van der Waals surface area contributed by atoms with E-state index < -0.39 is 0 Å². The summed E-state index contributed by atoms with van der Waals surface area (Å²) in [6, 6.07) is 5.12. The zero-order valence-electron chi connectivity index (χ0n) is 10.2. The molecule has 5 heteroatoms. The van der Waals surface area contributed by atoms with Gasteiger partial charge in [-0.25, -0.2) is 4.79 Å². The smallest absolute Gasteiger partial charge is 0.337 e. The first-order chi connectivity index (χ1) is 8.62. The molecule has 2 saturated heterocycles. The molecular formula is C13H16N2O3. The molecule has 0 radical (unpaired) electrons. The van der Waals surface area contributed by atoms with Crippen LogP contribution >= 0.6 is 0 Å². The number of carbonyl (C=O) groups is 1. The summed E-state index contributed by atoms with van der Waals surface area (Å²) in [7, 11) is 1.37. The quantitative estimate of drug-likeness (QED) is 0.624. The Bertz CT molecular complexity index is 489. The number of nitrogen functional groups attached to an aromatic ring is 1. The summed E-state index contributed by atoms with van der Waals surface area (Å²) in [6.07, 6.45) is 2.41. The minimum Gasteiger partial charge on any atom is -0.465 e. The van der Waals surface area contributed by atoms with Crippen LogP contribution in [-0.4, -0.2) is 31.3 Å². The predicted molar refractivity (Wildman–Crippen MR) is 67.5 cm³/mol. The van der Waals surface area contributed by atoms with Crippen LogP contribution < -0.4 is 11.1 Å². The summed E-state index contributed by atoms with van der Waals surface area (Å²) in [5.41, 5.74) is 7.85.